The molecule has 0 spiro atoms. The van der Waals surface area contributed by atoms with Gasteiger partial charge in [0.25, 0.3) is 5.91 Å². The van der Waals surface area contributed by atoms with Crippen LogP contribution in [0.25, 0.3) is 0 Å². The fraction of sp³-hybridized carbons (Fsp3) is 0.391. The van der Waals surface area contributed by atoms with Crippen LogP contribution >= 0.6 is 0 Å². The van der Waals surface area contributed by atoms with E-state index in [1.54, 1.807) is 25.3 Å². The number of benzene rings is 2. The molecule has 0 aromatic heterocycles. The van der Waals surface area contributed by atoms with E-state index in [0.29, 0.717) is 29.3 Å². The van der Waals surface area contributed by atoms with Gasteiger partial charge in [-0.15, -0.1) is 0 Å². The lowest BCUT2D eigenvalue weighted by Crippen LogP contribution is -2.39. The molecule has 2 aromatic carbocycles. The monoisotopic (exact) mass is 411 g/mol. The first-order valence-corrected chi connectivity index (χ1v) is 10.2. The van der Waals surface area contributed by atoms with Crippen LogP contribution in [0.3, 0.4) is 0 Å². The molecular formula is C23H29N3O4. The Morgan fingerprint density at radius 2 is 2.00 bits per heavy atom. The van der Waals surface area contributed by atoms with E-state index in [0.717, 1.165) is 24.9 Å². The van der Waals surface area contributed by atoms with E-state index >= 15 is 0 Å². The minimum Gasteiger partial charge on any atom is -0.493 e. The SMILES string of the molecule is COc1cc(C(=O)Nc2cccc(CN3CCCC3C(N)=O)c2)ccc1OC(C)C. The van der Waals surface area contributed by atoms with Crippen LogP contribution in [0.2, 0.25) is 0 Å². The standard InChI is InChI=1S/C23H29N3O4/c1-15(2)30-20-10-9-17(13-21(20)29-3)23(28)25-18-7-4-6-16(12-18)14-26-11-5-8-19(26)22(24)27/h4,6-7,9-10,12-13,15,19H,5,8,11,14H2,1-3H3,(H2,24,27)(H,25,28). The number of nitrogens with zero attached hydrogens (tertiary/aromatic N) is 1. The Bertz CT molecular complexity index is 913. The van der Waals surface area contributed by atoms with Gasteiger partial charge in [0.05, 0.1) is 19.3 Å². The molecule has 1 fully saturated rings. The molecule has 0 aliphatic carbocycles. The summed E-state index contributed by atoms with van der Waals surface area (Å²) < 4.78 is 11.1. The number of anilines is 1. The molecule has 1 unspecified atom stereocenters. The highest BCUT2D eigenvalue weighted by Gasteiger charge is 2.28. The van der Waals surface area contributed by atoms with Crippen LogP contribution in [0.1, 0.15) is 42.6 Å². The Labute approximate surface area is 177 Å². The first kappa shape index (κ1) is 21.6. The molecule has 0 radical (unpaired) electrons. The third-order valence-electron chi connectivity index (χ3n) is 5.05. The van der Waals surface area contributed by atoms with Crippen LogP contribution in [0.5, 0.6) is 11.5 Å². The lowest BCUT2D eigenvalue weighted by molar-refractivity contribution is -0.122. The van der Waals surface area contributed by atoms with Crippen molar-refractivity contribution >= 4 is 17.5 Å². The number of likely N-dealkylation sites (tertiary alicyclic amines) is 1. The third kappa shape index (κ3) is 5.30. The maximum Gasteiger partial charge on any atom is 0.255 e. The Kier molecular flexibility index (Phi) is 6.95. The van der Waals surface area contributed by atoms with E-state index in [2.05, 4.69) is 10.2 Å². The molecule has 160 valence electrons. The van der Waals surface area contributed by atoms with Crippen molar-refractivity contribution in [3.8, 4) is 11.5 Å². The molecule has 3 rings (SSSR count). The van der Waals surface area contributed by atoms with Crippen molar-refractivity contribution in [3.63, 3.8) is 0 Å². The molecule has 30 heavy (non-hydrogen) atoms. The zero-order chi connectivity index (χ0) is 21.7. The molecule has 1 aliphatic rings. The molecule has 1 atom stereocenters. The summed E-state index contributed by atoms with van der Waals surface area (Å²) in [5.74, 6) is 0.589. The van der Waals surface area contributed by atoms with Gasteiger partial charge in [0.15, 0.2) is 11.5 Å². The van der Waals surface area contributed by atoms with Gasteiger partial charge < -0.3 is 20.5 Å². The zero-order valence-corrected chi connectivity index (χ0v) is 17.7. The molecule has 0 saturated carbocycles. The number of nitrogens with two attached hydrogens (primary N) is 1. The Hall–Kier alpha value is -3.06. The summed E-state index contributed by atoms with van der Waals surface area (Å²) in [6.45, 7) is 5.32. The smallest absolute Gasteiger partial charge is 0.255 e. The number of hydrogen-bond acceptors (Lipinski definition) is 5. The average Bonchev–Trinajstić information content (AvgIpc) is 3.16. The normalized spacial score (nSPS) is 16.5. The van der Waals surface area contributed by atoms with Crippen LogP contribution in [0.4, 0.5) is 5.69 Å². The van der Waals surface area contributed by atoms with E-state index in [-0.39, 0.29) is 24.0 Å². The Balaban J connectivity index is 1.70. The van der Waals surface area contributed by atoms with Gasteiger partial charge in [-0.25, -0.2) is 0 Å². The molecule has 2 aromatic rings. The summed E-state index contributed by atoms with van der Waals surface area (Å²) >= 11 is 0. The van der Waals surface area contributed by atoms with Crippen LogP contribution in [0.15, 0.2) is 42.5 Å². The van der Waals surface area contributed by atoms with Gasteiger partial charge in [-0.2, -0.15) is 0 Å². The number of carbonyl (C=O) groups excluding carboxylic acids is 2. The number of ether oxygens (including phenoxy) is 2. The summed E-state index contributed by atoms with van der Waals surface area (Å²) in [5.41, 5.74) is 7.68. The summed E-state index contributed by atoms with van der Waals surface area (Å²) in [6, 6.07) is 12.5. The predicted octanol–water partition coefficient (Wildman–Crippen LogP) is 3.18. The molecular weight excluding hydrogens is 382 g/mol. The fourth-order valence-electron chi connectivity index (χ4n) is 3.68. The fourth-order valence-corrected chi connectivity index (χ4v) is 3.68. The summed E-state index contributed by atoms with van der Waals surface area (Å²) in [6.07, 6.45) is 1.76. The van der Waals surface area contributed by atoms with E-state index in [1.807, 2.05) is 38.1 Å². The number of rotatable bonds is 8. The number of nitrogens with one attached hydrogen (secondary N) is 1. The van der Waals surface area contributed by atoms with Crippen molar-refractivity contribution in [3.05, 3.63) is 53.6 Å². The number of amides is 2. The minimum atomic E-state index is -0.282. The summed E-state index contributed by atoms with van der Waals surface area (Å²) in [4.78, 5) is 26.4. The first-order chi connectivity index (χ1) is 14.4. The van der Waals surface area contributed by atoms with Crippen LogP contribution < -0.4 is 20.5 Å². The summed E-state index contributed by atoms with van der Waals surface area (Å²) in [5, 5.41) is 2.92. The number of methoxy groups -OCH3 is 1. The topological polar surface area (TPSA) is 93.9 Å². The average molecular weight is 412 g/mol. The predicted molar refractivity (Wildman–Crippen MR) is 116 cm³/mol. The van der Waals surface area contributed by atoms with E-state index < -0.39 is 0 Å². The van der Waals surface area contributed by atoms with Gasteiger partial charge in [-0.3, -0.25) is 14.5 Å². The second kappa shape index (κ2) is 9.63. The molecule has 7 heteroatoms. The van der Waals surface area contributed by atoms with Gasteiger partial charge >= 0.3 is 0 Å². The van der Waals surface area contributed by atoms with Crippen molar-refractivity contribution in [2.45, 2.75) is 45.4 Å². The molecule has 1 saturated heterocycles. The number of hydrogen-bond donors (Lipinski definition) is 2. The minimum absolute atomic E-state index is 0.00563. The summed E-state index contributed by atoms with van der Waals surface area (Å²) in [7, 11) is 1.55. The van der Waals surface area contributed by atoms with Crippen molar-refractivity contribution in [1.29, 1.82) is 0 Å². The maximum absolute atomic E-state index is 12.7. The second-order valence-corrected chi connectivity index (χ2v) is 7.72. The highest BCUT2D eigenvalue weighted by Crippen LogP contribution is 2.29. The van der Waals surface area contributed by atoms with Crippen LogP contribution in [-0.4, -0.2) is 42.5 Å². The molecule has 1 heterocycles. The van der Waals surface area contributed by atoms with Crippen molar-refractivity contribution in [2.75, 3.05) is 19.0 Å². The highest BCUT2D eigenvalue weighted by atomic mass is 16.5. The molecule has 7 nitrogen and oxygen atoms in total. The second-order valence-electron chi connectivity index (χ2n) is 7.72. The van der Waals surface area contributed by atoms with Gasteiger partial charge in [-0.05, 0) is 69.1 Å². The van der Waals surface area contributed by atoms with E-state index in [9.17, 15) is 9.59 Å². The molecule has 0 bridgehead atoms. The molecule has 1 aliphatic heterocycles. The zero-order valence-electron chi connectivity index (χ0n) is 17.7. The quantitative estimate of drug-likeness (QED) is 0.696. The van der Waals surface area contributed by atoms with Crippen molar-refractivity contribution in [1.82, 2.24) is 4.90 Å². The van der Waals surface area contributed by atoms with E-state index in [1.165, 1.54) is 0 Å². The number of carbonyl (C=O) groups is 2. The number of primary amides is 1. The third-order valence-corrected chi connectivity index (χ3v) is 5.05. The highest BCUT2D eigenvalue weighted by molar-refractivity contribution is 6.04. The van der Waals surface area contributed by atoms with Gasteiger partial charge in [0, 0.05) is 17.8 Å². The lowest BCUT2D eigenvalue weighted by atomic mass is 10.1. The van der Waals surface area contributed by atoms with Crippen molar-refractivity contribution < 1.29 is 19.1 Å². The van der Waals surface area contributed by atoms with Crippen LogP contribution in [0, 0.1) is 0 Å². The van der Waals surface area contributed by atoms with Gasteiger partial charge in [-0.1, -0.05) is 12.1 Å². The first-order valence-electron chi connectivity index (χ1n) is 10.2. The Morgan fingerprint density at radius 3 is 2.70 bits per heavy atom. The lowest BCUT2D eigenvalue weighted by Gasteiger charge is -2.22. The largest absolute Gasteiger partial charge is 0.493 e. The van der Waals surface area contributed by atoms with Crippen molar-refractivity contribution in [2.24, 2.45) is 5.73 Å². The van der Waals surface area contributed by atoms with Crippen LogP contribution in [-0.2, 0) is 11.3 Å². The van der Waals surface area contributed by atoms with Gasteiger partial charge in [0.2, 0.25) is 5.91 Å². The van der Waals surface area contributed by atoms with Gasteiger partial charge in [0.1, 0.15) is 0 Å². The molecule has 3 N–H and O–H groups in total. The Morgan fingerprint density at radius 1 is 1.20 bits per heavy atom. The van der Waals surface area contributed by atoms with E-state index in [4.69, 9.17) is 15.2 Å². The maximum atomic E-state index is 12.7. The molecule has 2 amide bonds.